The van der Waals surface area contributed by atoms with E-state index in [9.17, 15) is 18.0 Å². The molecule has 0 unspecified atom stereocenters. The van der Waals surface area contributed by atoms with Gasteiger partial charge in [0.15, 0.2) is 5.96 Å². The SMILES string of the molecule is CN=C(NCCc1cccc(C(=O)NC)c1)NCc1ccccc1OC(F)(F)F. The number of guanidine groups is 1. The summed E-state index contributed by atoms with van der Waals surface area (Å²) in [6.45, 7) is 0.635. The van der Waals surface area contributed by atoms with Crippen molar-refractivity contribution in [1.82, 2.24) is 16.0 Å². The van der Waals surface area contributed by atoms with Gasteiger partial charge in [0, 0.05) is 38.3 Å². The summed E-state index contributed by atoms with van der Waals surface area (Å²) in [6.07, 6.45) is -4.11. The minimum absolute atomic E-state index is 0.109. The smallest absolute Gasteiger partial charge is 0.405 e. The zero-order valence-corrected chi connectivity index (χ0v) is 16.1. The molecule has 6 nitrogen and oxygen atoms in total. The third-order valence-electron chi connectivity index (χ3n) is 3.99. The first-order valence-electron chi connectivity index (χ1n) is 8.91. The monoisotopic (exact) mass is 408 g/mol. The highest BCUT2D eigenvalue weighted by Crippen LogP contribution is 2.26. The fraction of sp³-hybridized carbons (Fsp3) is 0.300. The van der Waals surface area contributed by atoms with Crippen LogP contribution in [0.5, 0.6) is 5.75 Å². The Hall–Kier alpha value is -3.23. The molecule has 9 heteroatoms. The average Bonchev–Trinajstić information content (AvgIpc) is 2.70. The molecule has 0 aliphatic carbocycles. The maximum absolute atomic E-state index is 12.5. The van der Waals surface area contributed by atoms with Gasteiger partial charge in [-0.3, -0.25) is 9.79 Å². The van der Waals surface area contributed by atoms with E-state index >= 15 is 0 Å². The quantitative estimate of drug-likeness (QED) is 0.487. The van der Waals surface area contributed by atoms with Crippen molar-refractivity contribution in [3.8, 4) is 5.75 Å². The minimum atomic E-state index is -4.75. The molecule has 0 radical (unpaired) electrons. The zero-order chi connectivity index (χ0) is 21.3. The van der Waals surface area contributed by atoms with Crippen LogP contribution in [0.25, 0.3) is 0 Å². The van der Waals surface area contributed by atoms with Gasteiger partial charge >= 0.3 is 6.36 Å². The summed E-state index contributed by atoms with van der Waals surface area (Å²) >= 11 is 0. The Bertz CT molecular complexity index is 854. The Morgan fingerprint density at radius 1 is 1.10 bits per heavy atom. The minimum Gasteiger partial charge on any atom is -0.405 e. The van der Waals surface area contributed by atoms with Crippen molar-refractivity contribution in [2.24, 2.45) is 4.99 Å². The van der Waals surface area contributed by atoms with E-state index in [0.717, 1.165) is 5.56 Å². The zero-order valence-electron chi connectivity index (χ0n) is 16.1. The molecule has 156 valence electrons. The largest absolute Gasteiger partial charge is 0.573 e. The second-order valence-corrected chi connectivity index (χ2v) is 6.04. The lowest BCUT2D eigenvalue weighted by Gasteiger charge is -2.15. The van der Waals surface area contributed by atoms with Gasteiger partial charge in [-0.05, 0) is 30.2 Å². The van der Waals surface area contributed by atoms with Crippen molar-refractivity contribution in [3.63, 3.8) is 0 Å². The van der Waals surface area contributed by atoms with Crippen molar-refractivity contribution in [3.05, 3.63) is 65.2 Å². The molecular formula is C20H23F3N4O2. The highest BCUT2D eigenvalue weighted by molar-refractivity contribution is 5.94. The van der Waals surface area contributed by atoms with Gasteiger partial charge in [-0.1, -0.05) is 30.3 Å². The number of hydrogen-bond acceptors (Lipinski definition) is 3. The molecule has 2 aromatic rings. The van der Waals surface area contributed by atoms with Crippen molar-refractivity contribution in [2.45, 2.75) is 19.3 Å². The molecule has 0 aliphatic rings. The fourth-order valence-electron chi connectivity index (χ4n) is 2.61. The van der Waals surface area contributed by atoms with Crippen LogP contribution in [-0.4, -0.2) is 38.9 Å². The molecule has 3 N–H and O–H groups in total. The Morgan fingerprint density at radius 3 is 2.55 bits per heavy atom. The maximum Gasteiger partial charge on any atom is 0.573 e. The van der Waals surface area contributed by atoms with E-state index < -0.39 is 6.36 Å². The summed E-state index contributed by atoms with van der Waals surface area (Å²) in [7, 11) is 3.14. The lowest BCUT2D eigenvalue weighted by molar-refractivity contribution is -0.274. The number of ether oxygens (including phenoxy) is 1. The van der Waals surface area contributed by atoms with Crippen LogP contribution >= 0.6 is 0 Å². The molecule has 2 aromatic carbocycles. The van der Waals surface area contributed by atoms with E-state index in [1.54, 1.807) is 38.4 Å². The molecule has 29 heavy (non-hydrogen) atoms. The predicted octanol–water partition coefficient (Wildman–Crippen LogP) is 2.85. The first-order chi connectivity index (χ1) is 13.8. The summed E-state index contributed by atoms with van der Waals surface area (Å²) in [5.74, 6) is 0.0280. The van der Waals surface area contributed by atoms with Crippen LogP contribution in [0.4, 0.5) is 13.2 Å². The third kappa shape index (κ3) is 7.36. The van der Waals surface area contributed by atoms with Gasteiger partial charge in [-0.2, -0.15) is 0 Å². The van der Waals surface area contributed by atoms with Crippen LogP contribution in [0.15, 0.2) is 53.5 Å². The summed E-state index contributed by atoms with van der Waals surface area (Å²) in [4.78, 5) is 15.8. The number of nitrogens with one attached hydrogen (secondary N) is 3. The van der Waals surface area contributed by atoms with Gasteiger partial charge in [0.05, 0.1) is 0 Å². The molecule has 0 aliphatic heterocycles. The second kappa shape index (κ2) is 10.4. The van der Waals surface area contributed by atoms with Crippen molar-refractivity contribution in [1.29, 1.82) is 0 Å². The van der Waals surface area contributed by atoms with Gasteiger partial charge in [0.2, 0.25) is 0 Å². The van der Waals surface area contributed by atoms with Crippen LogP contribution in [0.1, 0.15) is 21.5 Å². The fourth-order valence-corrected chi connectivity index (χ4v) is 2.61. The van der Waals surface area contributed by atoms with Gasteiger partial charge in [0.25, 0.3) is 5.91 Å². The van der Waals surface area contributed by atoms with Crippen LogP contribution < -0.4 is 20.7 Å². The van der Waals surface area contributed by atoms with Crippen LogP contribution in [0, 0.1) is 0 Å². The number of carbonyl (C=O) groups is 1. The van der Waals surface area contributed by atoms with Gasteiger partial charge in [-0.25, -0.2) is 0 Å². The molecule has 0 saturated heterocycles. The topological polar surface area (TPSA) is 74.8 Å². The molecule has 0 aromatic heterocycles. The number of hydrogen-bond donors (Lipinski definition) is 3. The summed E-state index contributed by atoms with van der Waals surface area (Å²) in [6, 6.07) is 13.2. The molecule has 0 saturated carbocycles. The molecule has 2 rings (SSSR count). The third-order valence-corrected chi connectivity index (χ3v) is 3.99. The van der Waals surface area contributed by atoms with Crippen LogP contribution in [0.2, 0.25) is 0 Å². The van der Waals surface area contributed by atoms with E-state index in [-0.39, 0.29) is 18.2 Å². The molecule has 0 fully saturated rings. The van der Waals surface area contributed by atoms with Crippen molar-refractivity contribution in [2.75, 3.05) is 20.6 Å². The molecule has 1 amide bonds. The van der Waals surface area contributed by atoms with Crippen LogP contribution in [-0.2, 0) is 13.0 Å². The summed E-state index contributed by atoms with van der Waals surface area (Å²) in [5.41, 5.74) is 1.90. The molecule has 0 bridgehead atoms. The molecule has 0 heterocycles. The first kappa shape index (κ1) is 22.1. The van der Waals surface area contributed by atoms with E-state index in [4.69, 9.17) is 0 Å². The molecular weight excluding hydrogens is 385 g/mol. The number of halogens is 3. The summed E-state index contributed by atoms with van der Waals surface area (Å²) in [5, 5.41) is 8.64. The Labute approximate surface area is 167 Å². The van der Waals surface area contributed by atoms with Crippen molar-refractivity contribution < 1.29 is 22.7 Å². The van der Waals surface area contributed by atoms with Crippen molar-refractivity contribution >= 4 is 11.9 Å². The van der Waals surface area contributed by atoms with E-state index in [2.05, 4.69) is 25.7 Å². The highest BCUT2D eigenvalue weighted by Gasteiger charge is 2.31. The number of aliphatic imine (C=N–C) groups is 1. The molecule has 0 spiro atoms. The average molecular weight is 408 g/mol. The number of para-hydroxylation sites is 1. The first-order valence-corrected chi connectivity index (χ1v) is 8.91. The lowest BCUT2D eigenvalue weighted by atomic mass is 10.1. The number of carbonyl (C=O) groups excluding carboxylic acids is 1. The predicted molar refractivity (Wildman–Crippen MR) is 105 cm³/mol. The standard InChI is InChI=1S/C20H23F3N4O2/c1-24-18(28)15-8-5-6-14(12-15)10-11-26-19(25-2)27-13-16-7-3-4-9-17(16)29-20(21,22)23/h3-9,12H,10-11,13H2,1-2H3,(H,24,28)(H2,25,26,27). The van der Waals surface area contributed by atoms with Crippen LogP contribution in [0.3, 0.4) is 0 Å². The number of benzene rings is 2. The summed E-state index contributed by atoms with van der Waals surface area (Å²) < 4.78 is 41.6. The molecule has 0 atom stereocenters. The van der Waals surface area contributed by atoms with Gasteiger partial charge in [0.1, 0.15) is 5.75 Å². The number of alkyl halides is 3. The maximum atomic E-state index is 12.5. The van der Waals surface area contributed by atoms with E-state index in [0.29, 0.717) is 30.1 Å². The Kier molecular flexibility index (Phi) is 7.88. The Morgan fingerprint density at radius 2 is 1.86 bits per heavy atom. The Balaban J connectivity index is 1.89. The second-order valence-electron chi connectivity index (χ2n) is 6.04. The highest BCUT2D eigenvalue weighted by atomic mass is 19.4. The number of nitrogens with zero attached hydrogens (tertiary/aromatic N) is 1. The lowest BCUT2D eigenvalue weighted by Crippen LogP contribution is -2.38. The normalized spacial score (nSPS) is 11.7. The van der Waals surface area contributed by atoms with Gasteiger partial charge < -0.3 is 20.7 Å². The van der Waals surface area contributed by atoms with E-state index in [1.807, 2.05) is 12.1 Å². The van der Waals surface area contributed by atoms with E-state index in [1.165, 1.54) is 12.1 Å². The number of amides is 1. The van der Waals surface area contributed by atoms with Gasteiger partial charge in [-0.15, -0.1) is 13.2 Å². The number of rotatable bonds is 7.